The molecule has 7 amide bonds. The minimum atomic E-state index is -1.84. The molecule has 18 N–H and O–H groups in total. The van der Waals surface area contributed by atoms with E-state index >= 15 is 0 Å². The van der Waals surface area contributed by atoms with E-state index in [2.05, 4.69) is 37.2 Å². The molecule has 0 aromatic rings. The molecule has 0 fully saturated rings. The molecule has 0 saturated heterocycles. The number of rotatable bonds is 32. The van der Waals surface area contributed by atoms with Gasteiger partial charge in [-0.2, -0.15) is 0 Å². The van der Waals surface area contributed by atoms with Gasteiger partial charge in [0.05, 0.1) is 25.7 Å². The highest BCUT2D eigenvalue weighted by molar-refractivity contribution is 5.97. The number of aliphatic hydroxyl groups excluding tert-OH is 2. The second kappa shape index (κ2) is 29.7. The van der Waals surface area contributed by atoms with E-state index in [-0.39, 0.29) is 44.7 Å². The van der Waals surface area contributed by atoms with E-state index in [0.29, 0.717) is 19.3 Å². The Bertz CT molecular complexity index is 1500. The SMILES string of the molecule is CC(C)C[C@H](NC(=O)[C@H](CCC(=O)O)NC(=O)[C@H](CCCCN)NC(=O)[C@H](CC(=O)O)NC(=O)CNC(=O)[C@H](CCCCN)NC(=O)[C@H](CO)NC(=O)[C@@H](N)[C@@H](C)O)C(=O)O. The zero-order chi connectivity index (χ0) is 46.8. The van der Waals surface area contributed by atoms with Gasteiger partial charge in [-0.3, -0.25) is 43.2 Å². The Labute approximate surface area is 352 Å². The summed E-state index contributed by atoms with van der Waals surface area (Å²) < 4.78 is 0. The van der Waals surface area contributed by atoms with Crippen LogP contribution in [0.3, 0.4) is 0 Å². The van der Waals surface area contributed by atoms with Crippen molar-refractivity contribution in [3.8, 4) is 0 Å². The first-order valence-corrected chi connectivity index (χ1v) is 19.8. The number of carboxylic acid groups (broad SMARTS) is 3. The number of amides is 7. The fraction of sp³-hybridized carbons (Fsp3) is 0.722. The maximum absolute atomic E-state index is 13.5. The third-order valence-electron chi connectivity index (χ3n) is 8.85. The molecule has 25 heteroatoms. The number of aliphatic hydroxyl groups is 2. The van der Waals surface area contributed by atoms with Gasteiger partial charge in [0.15, 0.2) is 0 Å². The smallest absolute Gasteiger partial charge is 0.326 e. The van der Waals surface area contributed by atoms with Gasteiger partial charge >= 0.3 is 17.9 Å². The molecular weight excluding hydrogens is 812 g/mol. The standard InChI is InChI=1S/C36H64N10O15/c1-18(2)14-24(36(60)61)45-32(56)22(10-11-27(50)51)44-31(55)21(9-5-7-13-38)43-33(57)23(15-28(52)53)41-26(49)16-40-30(54)20(8-4-6-12-37)42-34(58)25(17-47)46-35(59)29(39)19(3)48/h18-25,29,47-48H,4-17,37-39H2,1-3H3,(H,40,54)(H,41,49)(H,42,58)(H,43,57)(H,44,55)(H,45,56)(H,46,59)(H,50,51)(H,52,53)(H,60,61)/t19-,20+,21+,22+,23+,24+,25+,29+/m1/s1. The minimum absolute atomic E-state index is 0.0127. The van der Waals surface area contributed by atoms with Gasteiger partial charge in [0, 0.05) is 6.42 Å². The van der Waals surface area contributed by atoms with Crippen molar-refractivity contribution in [2.45, 2.75) is 133 Å². The van der Waals surface area contributed by atoms with Gasteiger partial charge in [-0.1, -0.05) is 13.8 Å². The van der Waals surface area contributed by atoms with E-state index in [4.69, 9.17) is 17.2 Å². The molecule has 0 heterocycles. The van der Waals surface area contributed by atoms with Gasteiger partial charge < -0.3 is 80.0 Å². The van der Waals surface area contributed by atoms with Crippen LogP contribution in [0, 0.1) is 5.92 Å². The summed E-state index contributed by atoms with van der Waals surface area (Å²) in [7, 11) is 0. The number of carbonyl (C=O) groups excluding carboxylic acids is 7. The van der Waals surface area contributed by atoms with E-state index < -0.39 is 140 Å². The van der Waals surface area contributed by atoms with Crippen LogP contribution in [0.25, 0.3) is 0 Å². The molecule has 0 aliphatic rings. The minimum Gasteiger partial charge on any atom is -0.481 e. The Hall–Kier alpha value is -5.50. The van der Waals surface area contributed by atoms with Crippen molar-refractivity contribution in [1.29, 1.82) is 0 Å². The number of carboxylic acids is 3. The molecule has 0 bridgehead atoms. The van der Waals surface area contributed by atoms with Gasteiger partial charge in [0.2, 0.25) is 41.4 Å². The summed E-state index contributed by atoms with van der Waals surface area (Å²) in [5.74, 6) is -11.6. The monoisotopic (exact) mass is 876 g/mol. The van der Waals surface area contributed by atoms with Crippen LogP contribution in [0.1, 0.15) is 85.0 Å². The predicted octanol–water partition coefficient (Wildman–Crippen LogP) is -5.56. The van der Waals surface area contributed by atoms with Gasteiger partial charge in [0.25, 0.3) is 0 Å². The maximum atomic E-state index is 13.5. The van der Waals surface area contributed by atoms with Crippen LogP contribution in [0.5, 0.6) is 0 Å². The first-order chi connectivity index (χ1) is 28.6. The Morgan fingerprint density at radius 1 is 0.541 bits per heavy atom. The summed E-state index contributed by atoms with van der Waals surface area (Å²) in [6, 6.07) is -10.7. The van der Waals surface area contributed by atoms with E-state index in [0.717, 1.165) is 0 Å². The fourth-order valence-corrected chi connectivity index (χ4v) is 5.44. The Morgan fingerprint density at radius 2 is 0.984 bits per heavy atom. The summed E-state index contributed by atoms with van der Waals surface area (Å²) >= 11 is 0. The molecule has 0 saturated carbocycles. The van der Waals surface area contributed by atoms with Crippen LogP contribution in [0.4, 0.5) is 0 Å². The van der Waals surface area contributed by atoms with Gasteiger partial charge in [-0.15, -0.1) is 0 Å². The molecule has 0 aromatic carbocycles. The number of aliphatic carboxylic acids is 3. The van der Waals surface area contributed by atoms with E-state index in [1.54, 1.807) is 13.8 Å². The van der Waals surface area contributed by atoms with Gasteiger partial charge in [-0.25, -0.2) is 4.79 Å². The Morgan fingerprint density at radius 3 is 1.41 bits per heavy atom. The first-order valence-electron chi connectivity index (χ1n) is 19.8. The average molecular weight is 877 g/mol. The lowest BCUT2D eigenvalue weighted by atomic mass is 10.0. The summed E-state index contributed by atoms with van der Waals surface area (Å²) in [4.78, 5) is 126. The topological polar surface area (TPSA) is 434 Å². The summed E-state index contributed by atoms with van der Waals surface area (Å²) in [6.45, 7) is 3.28. The molecule has 0 aliphatic carbocycles. The average Bonchev–Trinajstić information content (AvgIpc) is 3.18. The van der Waals surface area contributed by atoms with Crippen LogP contribution in [0.2, 0.25) is 0 Å². The number of nitrogens with two attached hydrogens (primary N) is 3. The largest absolute Gasteiger partial charge is 0.481 e. The lowest BCUT2D eigenvalue weighted by molar-refractivity contribution is -0.143. The summed E-state index contributed by atoms with van der Waals surface area (Å²) in [6.07, 6.45) is -2.22. The lowest BCUT2D eigenvalue weighted by Gasteiger charge is -2.26. The fourth-order valence-electron chi connectivity index (χ4n) is 5.44. The van der Waals surface area contributed by atoms with Crippen LogP contribution in [0.15, 0.2) is 0 Å². The van der Waals surface area contributed by atoms with Crippen molar-refractivity contribution in [3.05, 3.63) is 0 Å². The van der Waals surface area contributed by atoms with Crippen molar-refractivity contribution in [2.75, 3.05) is 26.2 Å². The second-order valence-electron chi connectivity index (χ2n) is 14.7. The molecule has 25 nitrogen and oxygen atoms in total. The highest BCUT2D eigenvalue weighted by Gasteiger charge is 2.33. The molecule has 0 spiro atoms. The number of carbonyl (C=O) groups is 10. The zero-order valence-corrected chi connectivity index (χ0v) is 34.6. The molecule has 0 radical (unpaired) electrons. The maximum Gasteiger partial charge on any atom is 0.326 e. The molecule has 0 rings (SSSR count). The highest BCUT2D eigenvalue weighted by Crippen LogP contribution is 2.09. The third-order valence-corrected chi connectivity index (χ3v) is 8.85. The quantitative estimate of drug-likeness (QED) is 0.0280. The highest BCUT2D eigenvalue weighted by atomic mass is 16.4. The Kier molecular flexibility index (Phi) is 27.0. The van der Waals surface area contributed by atoms with Crippen molar-refractivity contribution in [1.82, 2.24) is 37.2 Å². The van der Waals surface area contributed by atoms with Crippen molar-refractivity contribution in [3.63, 3.8) is 0 Å². The summed E-state index contributed by atoms with van der Waals surface area (Å²) in [5.41, 5.74) is 16.7. The number of hydrogen-bond donors (Lipinski definition) is 15. The second-order valence-corrected chi connectivity index (χ2v) is 14.7. The van der Waals surface area contributed by atoms with Crippen molar-refractivity contribution >= 4 is 59.3 Å². The van der Waals surface area contributed by atoms with Crippen molar-refractivity contribution < 1.29 is 73.5 Å². The molecule has 0 unspecified atom stereocenters. The molecule has 0 aromatic heterocycles. The zero-order valence-electron chi connectivity index (χ0n) is 34.6. The number of hydrogen-bond acceptors (Lipinski definition) is 15. The molecule has 348 valence electrons. The van der Waals surface area contributed by atoms with Crippen LogP contribution in [-0.4, -0.2) is 159 Å². The first kappa shape index (κ1) is 55.5. The predicted molar refractivity (Wildman–Crippen MR) is 213 cm³/mol. The normalized spacial score (nSPS) is 15.0. The molecule has 61 heavy (non-hydrogen) atoms. The van der Waals surface area contributed by atoms with Crippen LogP contribution in [-0.2, 0) is 47.9 Å². The van der Waals surface area contributed by atoms with E-state index in [9.17, 15) is 73.5 Å². The molecular formula is C36H64N10O15. The van der Waals surface area contributed by atoms with Gasteiger partial charge in [0.1, 0.15) is 42.3 Å². The lowest BCUT2D eigenvalue weighted by Crippen LogP contribution is -2.59. The molecule has 8 atom stereocenters. The summed E-state index contributed by atoms with van der Waals surface area (Å²) in [5, 5.41) is 63.5. The Balaban J connectivity index is 6.09. The molecule has 0 aliphatic heterocycles. The number of nitrogens with one attached hydrogen (secondary N) is 7. The van der Waals surface area contributed by atoms with Crippen LogP contribution < -0.4 is 54.4 Å². The van der Waals surface area contributed by atoms with Gasteiger partial charge in [-0.05, 0) is 77.3 Å². The third kappa shape index (κ3) is 23.2. The van der Waals surface area contributed by atoms with Crippen molar-refractivity contribution in [2.24, 2.45) is 23.1 Å². The number of unbranched alkanes of at least 4 members (excludes halogenated alkanes) is 2. The van der Waals surface area contributed by atoms with Crippen LogP contribution >= 0.6 is 0 Å². The van der Waals surface area contributed by atoms with E-state index in [1.807, 2.05) is 0 Å². The van der Waals surface area contributed by atoms with E-state index in [1.165, 1.54) is 6.92 Å².